The summed E-state index contributed by atoms with van der Waals surface area (Å²) in [6.07, 6.45) is 0. The Bertz CT molecular complexity index is 824. The van der Waals surface area contributed by atoms with Crippen LogP contribution in [0.3, 0.4) is 0 Å². The summed E-state index contributed by atoms with van der Waals surface area (Å²) in [5.41, 5.74) is 8.14. The van der Waals surface area contributed by atoms with Crippen LogP contribution >= 0.6 is 11.3 Å². The predicted molar refractivity (Wildman–Crippen MR) is 84.9 cm³/mol. The van der Waals surface area contributed by atoms with Crippen molar-refractivity contribution in [2.24, 2.45) is 5.73 Å². The molecule has 0 saturated carbocycles. The Morgan fingerprint density at radius 2 is 1.80 bits per heavy atom. The molecule has 2 N–H and O–H groups in total. The van der Waals surface area contributed by atoms with Crippen LogP contribution in [0.1, 0.15) is 10.4 Å². The van der Waals surface area contributed by atoms with Gasteiger partial charge >= 0.3 is 0 Å². The molecule has 0 aliphatic heterocycles. The fraction of sp³-hybridized carbons (Fsp3) is 0. The molecule has 1 aromatic heterocycles. The number of nitrogens with two attached hydrogens (primary N) is 1. The van der Waals surface area contributed by atoms with Crippen LogP contribution < -0.4 is 5.73 Å². The highest BCUT2D eigenvalue weighted by Crippen LogP contribution is 2.27. The maximum Gasteiger partial charge on any atom is 0.103 e. The average Bonchev–Trinajstić information content (AvgIpc) is 3.01. The Labute approximate surface area is 121 Å². The van der Waals surface area contributed by atoms with E-state index in [-0.39, 0.29) is 0 Å². The highest BCUT2D eigenvalue weighted by atomic mass is 32.1. The third-order valence-corrected chi connectivity index (χ3v) is 4.10. The first-order valence-electron chi connectivity index (χ1n) is 6.22. The Hall–Kier alpha value is -2.57. The number of allylic oxidation sites excluding steroid dienone is 1. The van der Waals surface area contributed by atoms with Gasteiger partial charge < -0.3 is 5.73 Å². The molecule has 0 aliphatic rings. The minimum Gasteiger partial charge on any atom is -0.397 e. The third kappa shape index (κ3) is 2.18. The molecular weight excluding hydrogens is 264 g/mol. The summed E-state index contributed by atoms with van der Waals surface area (Å²) in [7, 11) is 0. The van der Waals surface area contributed by atoms with Crippen LogP contribution in [0.15, 0.2) is 60.0 Å². The molecule has 0 fully saturated rings. The number of thiophene rings is 1. The van der Waals surface area contributed by atoms with Crippen molar-refractivity contribution in [2.45, 2.75) is 0 Å². The number of hydrogen-bond donors (Lipinski definition) is 1. The number of rotatable bonds is 2. The van der Waals surface area contributed by atoms with Crippen LogP contribution in [-0.2, 0) is 0 Å². The summed E-state index contributed by atoms with van der Waals surface area (Å²) in [4.78, 5) is 0.901. The summed E-state index contributed by atoms with van der Waals surface area (Å²) in [5.74, 6) is 0. The van der Waals surface area contributed by atoms with Gasteiger partial charge in [0.25, 0.3) is 0 Å². The molecule has 1 heterocycles. The van der Waals surface area contributed by atoms with Gasteiger partial charge in [0.1, 0.15) is 6.07 Å². The van der Waals surface area contributed by atoms with Crippen molar-refractivity contribution < 1.29 is 0 Å². The molecule has 0 atom stereocenters. The largest absolute Gasteiger partial charge is 0.397 e. The van der Waals surface area contributed by atoms with Crippen LogP contribution in [-0.4, -0.2) is 0 Å². The van der Waals surface area contributed by atoms with Crippen molar-refractivity contribution in [1.29, 1.82) is 5.26 Å². The minimum atomic E-state index is 0.528. The van der Waals surface area contributed by atoms with Crippen molar-refractivity contribution in [2.75, 3.05) is 0 Å². The van der Waals surface area contributed by atoms with E-state index in [2.05, 4.69) is 12.1 Å². The maximum absolute atomic E-state index is 9.36. The quantitative estimate of drug-likeness (QED) is 0.711. The first-order valence-corrected chi connectivity index (χ1v) is 7.10. The molecule has 2 nitrogen and oxygen atoms in total. The normalized spacial score (nSPS) is 11.9. The Morgan fingerprint density at radius 1 is 1.00 bits per heavy atom. The SMILES string of the molecule is N#C/C(=C(/N)c1ccc2ccccc2c1)c1cccs1. The van der Waals surface area contributed by atoms with Gasteiger partial charge in [-0.25, -0.2) is 0 Å². The van der Waals surface area contributed by atoms with Crippen molar-refractivity contribution in [1.82, 2.24) is 0 Å². The summed E-state index contributed by atoms with van der Waals surface area (Å²) in [6, 6.07) is 20.2. The topological polar surface area (TPSA) is 49.8 Å². The van der Waals surface area contributed by atoms with Gasteiger partial charge in [-0.05, 0) is 33.8 Å². The highest BCUT2D eigenvalue weighted by molar-refractivity contribution is 7.11. The summed E-state index contributed by atoms with van der Waals surface area (Å²) < 4.78 is 0. The van der Waals surface area contributed by atoms with E-state index in [1.54, 1.807) is 0 Å². The molecule has 0 unspecified atom stereocenters. The first-order chi connectivity index (χ1) is 9.79. The zero-order valence-corrected chi connectivity index (χ0v) is 11.5. The lowest BCUT2D eigenvalue weighted by atomic mass is 10.0. The number of nitriles is 1. The molecule has 2 aromatic carbocycles. The minimum absolute atomic E-state index is 0.528. The Balaban J connectivity index is 2.16. The fourth-order valence-electron chi connectivity index (χ4n) is 2.17. The monoisotopic (exact) mass is 276 g/mol. The van der Waals surface area contributed by atoms with E-state index in [4.69, 9.17) is 5.73 Å². The first kappa shape index (κ1) is 12.5. The molecule has 20 heavy (non-hydrogen) atoms. The van der Waals surface area contributed by atoms with Gasteiger partial charge in [0.05, 0.1) is 11.3 Å². The van der Waals surface area contributed by atoms with E-state index in [9.17, 15) is 5.26 Å². The predicted octanol–water partition coefficient (Wildman–Crippen LogP) is 4.25. The number of nitrogens with zero attached hydrogens (tertiary/aromatic N) is 1. The Kier molecular flexibility index (Phi) is 3.24. The maximum atomic E-state index is 9.36. The molecular formula is C17H12N2S. The van der Waals surface area contributed by atoms with Crippen LogP contribution in [0, 0.1) is 11.3 Å². The van der Waals surface area contributed by atoms with Crippen molar-refractivity contribution in [3.05, 3.63) is 70.4 Å². The van der Waals surface area contributed by atoms with Crippen molar-refractivity contribution >= 4 is 33.4 Å². The second-order valence-electron chi connectivity index (χ2n) is 4.44. The van der Waals surface area contributed by atoms with Gasteiger partial charge in [-0.2, -0.15) is 5.26 Å². The lowest BCUT2D eigenvalue weighted by Crippen LogP contribution is -1.99. The van der Waals surface area contributed by atoms with E-state index in [1.165, 1.54) is 16.7 Å². The zero-order valence-electron chi connectivity index (χ0n) is 10.7. The van der Waals surface area contributed by atoms with Gasteiger partial charge in [0.2, 0.25) is 0 Å². The van der Waals surface area contributed by atoms with Crippen LogP contribution in [0.2, 0.25) is 0 Å². The average molecular weight is 276 g/mol. The van der Waals surface area contributed by atoms with Gasteiger partial charge in [0.15, 0.2) is 0 Å². The van der Waals surface area contributed by atoms with Gasteiger partial charge in [-0.3, -0.25) is 0 Å². The second-order valence-corrected chi connectivity index (χ2v) is 5.39. The van der Waals surface area contributed by atoms with Gasteiger partial charge in [0, 0.05) is 4.88 Å². The van der Waals surface area contributed by atoms with Crippen molar-refractivity contribution in [3.8, 4) is 6.07 Å². The summed E-state index contributed by atoms with van der Waals surface area (Å²) >= 11 is 1.52. The Morgan fingerprint density at radius 3 is 2.50 bits per heavy atom. The van der Waals surface area contributed by atoms with Crippen LogP contribution in [0.25, 0.3) is 22.0 Å². The molecule has 3 rings (SSSR count). The third-order valence-electron chi connectivity index (χ3n) is 3.21. The van der Waals surface area contributed by atoms with Crippen LogP contribution in [0.5, 0.6) is 0 Å². The molecule has 96 valence electrons. The molecule has 3 aromatic rings. The lowest BCUT2D eigenvalue weighted by molar-refractivity contribution is 1.51. The number of benzene rings is 2. The van der Waals surface area contributed by atoms with E-state index in [1.807, 2.05) is 53.9 Å². The second kappa shape index (κ2) is 5.20. The highest BCUT2D eigenvalue weighted by Gasteiger charge is 2.09. The van der Waals surface area contributed by atoms with Crippen LogP contribution in [0.4, 0.5) is 0 Å². The smallest absolute Gasteiger partial charge is 0.103 e. The molecule has 3 heteroatoms. The fourth-order valence-corrected chi connectivity index (χ4v) is 2.90. The van der Waals surface area contributed by atoms with E-state index < -0.39 is 0 Å². The van der Waals surface area contributed by atoms with E-state index >= 15 is 0 Å². The summed E-state index contributed by atoms with van der Waals surface area (Å²) in [6.45, 7) is 0. The zero-order chi connectivity index (χ0) is 13.9. The molecule has 0 spiro atoms. The number of fused-ring (bicyclic) bond motifs is 1. The van der Waals surface area contributed by atoms with Crippen molar-refractivity contribution in [3.63, 3.8) is 0 Å². The lowest BCUT2D eigenvalue weighted by Gasteiger charge is -2.06. The molecule has 0 amide bonds. The van der Waals surface area contributed by atoms with E-state index in [0.29, 0.717) is 11.3 Å². The summed E-state index contributed by atoms with van der Waals surface area (Å²) in [5, 5.41) is 13.6. The molecule has 0 saturated heterocycles. The standard InChI is InChI=1S/C17H12N2S/c18-11-15(16-6-3-9-20-16)17(19)14-8-7-12-4-1-2-5-13(12)10-14/h1-10H,19H2/b17-15-. The molecule has 0 radical (unpaired) electrons. The molecule has 0 aliphatic carbocycles. The van der Waals surface area contributed by atoms with E-state index in [0.717, 1.165) is 15.8 Å². The number of hydrogen-bond acceptors (Lipinski definition) is 3. The molecule has 0 bridgehead atoms. The van der Waals surface area contributed by atoms with Gasteiger partial charge in [-0.15, -0.1) is 11.3 Å². The van der Waals surface area contributed by atoms with Gasteiger partial charge in [-0.1, -0.05) is 42.5 Å².